The molecule has 1 aliphatic rings. The van der Waals surface area contributed by atoms with Gasteiger partial charge < -0.3 is 20.1 Å². The average Bonchev–Trinajstić information content (AvgIpc) is 2.37. The van der Waals surface area contributed by atoms with Gasteiger partial charge in [-0.2, -0.15) is 0 Å². The summed E-state index contributed by atoms with van der Waals surface area (Å²) in [5.74, 6) is 0. The number of nitrogens with zero attached hydrogens (tertiary/aromatic N) is 1. The first-order chi connectivity index (χ1) is 9.80. The van der Waals surface area contributed by atoms with Crippen LogP contribution in [0.1, 0.15) is 32.3 Å². The molecule has 1 heterocycles. The van der Waals surface area contributed by atoms with E-state index in [4.69, 9.17) is 4.74 Å². The first-order valence-corrected chi connectivity index (χ1v) is 7.63. The highest BCUT2D eigenvalue weighted by atomic mass is 16.5. The van der Waals surface area contributed by atoms with Crippen LogP contribution in [0.4, 0.5) is 5.69 Å². The third-order valence-corrected chi connectivity index (χ3v) is 4.05. The second-order valence-corrected chi connectivity index (χ2v) is 6.92. The molecule has 2 N–H and O–H groups in total. The van der Waals surface area contributed by atoms with Crippen LogP contribution < -0.4 is 10.2 Å². The lowest BCUT2D eigenvalue weighted by Crippen LogP contribution is -2.51. The SMILES string of the molecule is CN(C)c1ccc(CNCC2(O)CCOC(C)(C)C2)cc1. The van der Waals surface area contributed by atoms with Crippen LogP contribution in [0.5, 0.6) is 0 Å². The highest BCUT2D eigenvalue weighted by molar-refractivity contribution is 5.45. The Morgan fingerprint density at radius 2 is 1.90 bits per heavy atom. The largest absolute Gasteiger partial charge is 0.388 e. The zero-order valence-corrected chi connectivity index (χ0v) is 13.6. The zero-order valence-electron chi connectivity index (χ0n) is 13.6. The van der Waals surface area contributed by atoms with Crippen molar-refractivity contribution in [1.82, 2.24) is 5.32 Å². The summed E-state index contributed by atoms with van der Waals surface area (Å²) in [4.78, 5) is 2.09. The molecule has 0 spiro atoms. The maximum atomic E-state index is 10.7. The van der Waals surface area contributed by atoms with E-state index in [0.717, 1.165) is 6.54 Å². The fraction of sp³-hybridized carbons (Fsp3) is 0.647. The van der Waals surface area contributed by atoms with Gasteiger partial charge in [0.05, 0.1) is 17.8 Å². The molecule has 0 amide bonds. The first kappa shape index (κ1) is 16.3. The summed E-state index contributed by atoms with van der Waals surface area (Å²) in [6, 6.07) is 8.48. The minimum Gasteiger partial charge on any atom is -0.388 e. The predicted octanol–water partition coefficient (Wildman–Crippen LogP) is 2.16. The van der Waals surface area contributed by atoms with Crippen molar-refractivity contribution < 1.29 is 9.84 Å². The maximum absolute atomic E-state index is 10.7. The number of hydrogen-bond acceptors (Lipinski definition) is 4. The van der Waals surface area contributed by atoms with Crippen LogP contribution >= 0.6 is 0 Å². The monoisotopic (exact) mass is 292 g/mol. The standard InChI is InChI=1S/C17H28N2O2/c1-16(2)12-17(20,9-10-21-16)13-18-11-14-5-7-15(8-6-14)19(3)4/h5-8,18,20H,9-13H2,1-4H3. The molecule has 1 saturated heterocycles. The summed E-state index contributed by atoms with van der Waals surface area (Å²) < 4.78 is 5.67. The van der Waals surface area contributed by atoms with Crippen molar-refractivity contribution in [2.75, 3.05) is 32.1 Å². The number of hydrogen-bond donors (Lipinski definition) is 2. The minimum absolute atomic E-state index is 0.234. The molecule has 118 valence electrons. The second kappa shape index (κ2) is 6.34. The number of anilines is 1. The van der Waals surface area contributed by atoms with Crippen LogP contribution in [-0.2, 0) is 11.3 Å². The van der Waals surface area contributed by atoms with E-state index in [1.54, 1.807) is 0 Å². The highest BCUT2D eigenvalue weighted by Crippen LogP contribution is 2.31. The normalized spacial score (nSPS) is 24.8. The highest BCUT2D eigenvalue weighted by Gasteiger charge is 2.38. The lowest BCUT2D eigenvalue weighted by molar-refractivity contribution is -0.142. The van der Waals surface area contributed by atoms with E-state index in [0.29, 0.717) is 26.0 Å². The van der Waals surface area contributed by atoms with E-state index in [2.05, 4.69) is 34.5 Å². The number of aliphatic hydroxyl groups is 1. The van der Waals surface area contributed by atoms with E-state index in [1.807, 2.05) is 27.9 Å². The lowest BCUT2D eigenvalue weighted by Gasteiger charge is -2.41. The van der Waals surface area contributed by atoms with Gasteiger partial charge in [-0.1, -0.05) is 12.1 Å². The Morgan fingerprint density at radius 3 is 2.48 bits per heavy atom. The Kier molecular flexibility index (Phi) is 4.91. The van der Waals surface area contributed by atoms with Gasteiger partial charge in [0.25, 0.3) is 0 Å². The van der Waals surface area contributed by atoms with Crippen molar-refractivity contribution in [1.29, 1.82) is 0 Å². The Hall–Kier alpha value is -1.10. The summed E-state index contributed by atoms with van der Waals surface area (Å²) in [5, 5.41) is 14.0. The lowest BCUT2D eigenvalue weighted by atomic mass is 9.84. The molecule has 21 heavy (non-hydrogen) atoms. The average molecular weight is 292 g/mol. The van der Waals surface area contributed by atoms with Crippen molar-refractivity contribution in [2.24, 2.45) is 0 Å². The molecule has 1 aromatic carbocycles. The topological polar surface area (TPSA) is 44.7 Å². The van der Waals surface area contributed by atoms with Gasteiger partial charge in [0, 0.05) is 45.7 Å². The second-order valence-electron chi connectivity index (χ2n) is 6.92. The quantitative estimate of drug-likeness (QED) is 0.873. The Morgan fingerprint density at radius 1 is 1.24 bits per heavy atom. The molecule has 1 unspecified atom stereocenters. The third kappa shape index (κ3) is 4.70. The van der Waals surface area contributed by atoms with Gasteiger partial charge in [-0.3, -0.25) is 0 Å². The van der Waals surface area contributed by atoms with Gasteiger partial charge in [-0.15, -0.1) is 0 Å². The number of nitrogens with one attached hydrogen (secondary N) is 1. The van der Waals surface area contributed by atoms with Gasteiger partial charge in [0.2, 0.25) is 0 Å². The molecule has 1 fully saturated rings. The molecule has 0 aliphatic carbocycles. The molecule has 1 aliphatic heterocycles. The van der Waals surface area contributed by atoms with Crippen molar-refractivity contribution >= 4 is 5.69 Å². The van der Waals surface area contributed by atoms with E-state index < -0.39 is 5.60 Å². The van der Waals surface area contributed by atoms with Crippen LogP contribution in [0.15, 0.2) is 24.3 Å². The number of rotatable bonds is 5. The Labute approximate surface area is 128 Å². The summed E-state index contributed by atoms with van der Waals surface area (Å²) >= 11 is 0. The van der Waals surface area contributed by atoms with Crippen molar-refractivity contribution in [3.8, 4) is 0 Å². The smallest absolute Gasteiger partial charge is 0.0820 e. The fourth-order valence-corrected chi connectivity index (χ4v) is 2.95. The van der Waals surface area contributed by atoms with Gasteiger partial charge in [-0.05, 0) is 31.5 Å². The van der Waals surface area contributed by atoms with Crippen LogP contribution in [0.25, 0.3) is 0 Å². The van der Waals surface area contributed by atoms with Crippen molar-refractivity contribution in [3.63, 3.8) is 0 Å². The van der Waals surface area contributed by atoms with Gasteiger partial charge in [0.1, 0.15) is 0 Å². The van der Waals surface area contributed by atoms with Crippen molar-refractivity contribution in [2.45, 2.75) is 44.4 Å². The summed E-state index contributed by atoms with van der Waals surface area (Å²) in [6.45, 7) is 6.09. The third-order valence-electron chi connectivity index (χ3n) is 4.05. The zero-order chi connectivity index (χ0) is 15.5. The molecule has 2 rings (SSSR count). The predicted molar refractivity (Wildman–Crippen MR) is 86.7 cm³/mol. The maximum Gasteiger partial charge on any atom is 0.0820 e. The van der Waals surface area contributed by atoms with E-state index in [1.165, 1.54) is 11.3 Å². The van der Waals surface area contributed by atoms with Gasteiger partial charge in [-0.25, -0.2) is 0 Å². The summed E-state index contributed by atoms with van der Waals surface area (Å²) in [6.07, 6.45) is 1.37. The fourth-order valence-electron chi connectivity index (χ4n) is 2.95. The van der Waals surface area contributed by atoms with Gasteiger partial charge >= 0.3 is 0 Å². The Bertz CT molecular complexity index is 456. The van der Waals surface area contributed by atoms with E-state index in [9.17, 15) is 5.11 Å². The molecular weight excluding hydrogens is 264 g/mol. The van der Waals surface area contributed by atoms with Crippen LogP contribution in [-0.4, -0.2) is 43.6 Å². The van der Waals surface area contributed by atoms with Gasteiger partial charge in [0.15, 0.2) is 0 Å². The van der Waals surface area contributed by atoms with Crippen molar-refractivity contribution in [3.05, 3.63) is 29.8 Å². The summed E-state index contributed by atoms with van der Waals surface area (Å²) in [7, 11) is 4.07. The van der Waals surface area contributed by atoms with Crippen LogP contribution in [0.2, 0.25) is 0 Å². The molecule has 4 nitrogen and oxygen atoms in total. The van der Waals surface area contributed by atoms with E-state index >= 15 is 0 Å². The molecule has 1 aromatic rings. The molecular formula is C17H28N2O2. The molecule has 0 saturated carbocycles. The molecule has 0 aromatic heterocycles. The number of ether oxygens (including phenoxy) is 1. The molecule has 4 heteroatoms. The number of benzene rings is 1. The van der Waals surface area contributed by atoms with E-state index in [-0.39, 0.29) is 5.60 Å². The summed E-state index contributed by atoms with van der Waals surface area (Å²) in [5.41, 5.74) is 1.53. The Balaban J connectivity index is 1.83. The van der Waals surface area contributed by atoms with Crippen LogP contribution in [0.3, 0.4) is 0 Å². The minimum atomic E-state index is -0.661. The molecule has 0 radical (unpaired) electrons. The first-order valence-electron chi connectivity index (χ1n) is 7.63. The molecule has 0 bridgehead atoms. The van der Waals surface area contributed by atoms with Crippen LogP contribution in [0, 0.1) is 0 Å². The molecule has 1 atom stereocenters.